The molecule has 0 aromatic heterocycles. The first-order valence-electron chi connectivity index (χ1n) is 6.77. The van der Waals surface area contributed by atoms with Gasteiger partial charge in [-0.3, -0.25) is 0 Å². The second kappa shape index (κ2) is 6.25. The molecule has 106 valence electrons. The summed E-state index contributed by atoms with van der Waals surface area (Å²) in [6, 6.07) is 6.90. The average molecular weight is 302 g/mol. The molecule has 3 nitrogen and oxygen atoms in total. The highest BCUT2D eigenvalue weighted by molar-refractivity contribution is 7.92. The minimum Gasteiger partial charge on any atom is -0.314 e. The van der Waals surface area contributed by atoms with Crippen molar-refractivity contribution in [3.8, 4) is 0 Å². The summed E-state index contributed by atoms with van der Waals surface area (Å²) >= 11 is 5.88. The molecular weight excluding hydrogens is 282 g/mol. The van der Waals surface area contributed by atoms with E-state index in [1.165, 1.54) is 0 Å². The second-order valence-electron chi connectivity index (χ2n) is 5.09. The topological polar surface area (TPSA) is 46.2 Å². The van der Waals surface area contributed by atoms with E-state index in [2.05, 4.69) is 12.2 Å². The van der Waals surface area contributed by atoms with Crippen LogP contribution in [0.3, 0.4) is 0 Å². The molecule has 0 saturated heterocycles. The van der Waals surface area contributed by atoms with Gasteiger partial charge in [-0.2, -0.15) is 0 Å². The number of rotatable bonds is 5. The molecule has 0 radical (unpaired) electrons. The maximum absolute atomic E-state index is 12.5. The Morgan fingerprint density at radius 2 is 2.16 bits per heavy atom. The second-order valence-corrected chi connectivity index (χ2v) is 7.75. The molecule has 1 aromatic carbocycles. The predicted molar refractivity (Wildman–Crippen MR) is 78.4 cm³/mol. The van der Waals surface area contributed by atoms with Crippen LogP contribution in [-0.4, -0.2) is 26.3 Å². The smallest absolute Gasteiger partial charge is 0.181 e. The van der Waals surface area contributed by atoms with Gasteiger partial charge in [-0.1, -0.05) is 24.6 Å². The molecule has 5 heteroatoms. The van der Waals surface area contributed by atoms with Crippen molar-refractivity contribution in [1.29, 1.82) is 0 Å². The van der Waals surface area contributed by atoms with E-state index in [0.717, 1.165) is 25.8 Å². The highest BCUT2D eigenvalue weighted by Gasteiger charge is 2.34. The molecule has 1 saturated carbocycles. The van der Waals surface area contributed by atoms with E-state index in [1.807, 2.05) is 0 Å². The Labute approximate surface area is 120 Å². The quantitative estimate of drug-likeness (QED) is 0.909. The van der Waals surface area contributed by atoms with E-state index in [-0.39, 0.29) is 5.25 Å². The van der Waals surface area contributed by atoms with Gasteiger partial charge >= 0.3 is 0 Å². The summed E-state index contributed by atoms with van der Waals surface area (Å²) in [5.74, 6) is 0. The fourth-order valence-electron chi connectivity index (χ4n) is 2.59. The summed E-state index contributed by atoms with van der Waals surface area (Å²) in [6.45, 7) is 3.07. The van der Waals surface area contributed by atoms with Crippen molar-refractivity contribution in [3.05, 3.63) is 29.3 Å². The Morgan fingerprint density at radius 1 is 1.37 bits per heavy atom. The molecule has 0 spiro atoms. The lowest BCUT2D eigenvalue weighted by molar-refractivity contribution is 0.520. The van der Waals surface area contributed by atoms with Gasteiger partial charge in [0.05, 0.1) is 10.1 Å². The van der Waals surface area contributed by atoms with Crippen molar-refractivity contribution in [2.45, 2.75) is 48.8 Å². The van der Waals surface area contributed by atoms with E-state index in [0.29, 0.717) is 22.4 Å². The van der Waals surface area contributed by atoms with E-state index in [4.69, 9.17) is 11.6 Å². The normalized spacial score (nSPS) is 23.7. The van der Waals surface area contributed by atoms with Crippen molar-refractivity contribution < 1.29 is 8.42 Å². The van der Waals surface area contributed by atoms with Gasteiger partial charge in [0.15, 0.2) is 9.84 Å². The van der Waals surface area contributed by atoms with Crippen molar-refractivity contribution >= 4 is 21.4 Å². The van der Waals surface area contributed by atoms with Crippen LogP contribution in [0.1, 0.15) is 32.6 Å². The molecule has 19 heavy (non-hydrogen) atoms. The van der Waals surface area contributed by atoms with E-state index in [9.17, 15) is 8.42 Å². The SMILES string of the molecule is CCCNC1CCC(S(=O)(=O)c2cccc(Cl)c2)C1. The number of halogens is 1. The van der Waals surface area contributed by atoms with E-state index in [1.54, 1.807) is 24.3 Å². The van der Waals surface area contributed by atoms with Crippen molar-refractivity contribution in [1.82, 2.24) is 5.32 Å². The third kappa shape index (κ3) is 3.50. The lowest BCUT2D eigenvalue weighted by Crippen LogP contribution is -2.29. The largest absolute Gasteiger partial charge is 0.314 e. The zero-order valence-corrected chi connectivity index (χ0v) is 12.7. The minimum atomic E-state index is -3.24. The number of hydrogen-bond donors (Lipinski definition) is 1. The fraction of sp³-hybridized carbons (Fsp3) is 0.571. The Balaban J connectivity index is 2.09. The van der Waals surface area contributed by atoms with Gasteiger partial charge in [0, 0.05) is 11.1 Å². The van der Waals surface area contributed by atoms with Gasteiger partial charge in [-0.25, -0.2) is 8.42 Å². The van der Waals surface area contributed by atoms with Crippen molar-refractivity contribution in [2.24, 2.45) is 0 Å². The summed E-state index contributed by atoms with van der Waals surface area (Å²) in [5.41, 5.74) is 0. The first kappa shape index (κ1) is 14.8. The lowest BCUT2D eigenvalue weighted by atomic mass is 10.2. The van der Waals surface area contributed by atoms with Gasteiger partial charge in [-0.15, -0.1) is 0 Å². The van der Waals surface area contributed by atoms with Crippen LogP contribution in [0.4, 0.5) is 0 Å². The molecule has 1 aliphatic rings. The molecule has 1 aliphatic carbocycles. The molecule has 2 unspecified atom stereocenters. The van der Waals surface area contributed by atoms with Crippen LogP contribution in [0.2, 0.25) is 5.02 Å². The third-order valence-corrected chi connectivity index (χ3v) is 6.08. The summed E-state index contributed by atoms with van der Waals surface area (Å²) in [7, 11) is -3.24. The lowest BCUT2D eigenvalue weighted by Gasteiger charge is -2.14. The number of hydrogen-bond acceptors (Lipinski definition) is 3. The average Bonchev–Trinajstić information content (AvgIpc) is 2.86. The maximum Gasteiger partial charge on any atom is 0.181 e. The Morgan fingerprint density at radius 3 is 2.84 bits per heavy atom. The highest BCUT2D eigenvalue weighted by atomic mass is 35.5. The van der Waals surface area contributed by atoms with Crippen LogP contribution in [0.15, 0.2) is 29.2 Å². The predicted octanol–water partition coefficient (Wildman–Crippen LogP) is 3.03. The summed E-state index contributed by atoms with van der Waals surface area (Å²) in [6.07, 6.45) is 3.44. The molecule has 0 bridgehead atoms. The van der Waals surface area contributed by atoms with Crippen LogP contribution >= 0.6 is 11.6 Å². The zero-order chi connectivity index (χ0) is 13.9. The fourth-order valence-corrected chi connectivity index (χ4v) is 4.72. The van der Waals surface area contributed by atoms with Crippen LogP contribution in [0, 0.1) is 0 Å². The van der Waals surface area contributed by atoms with E-state index >= 15 is 0 Å². The molecule has 2 rings (SSSR count). The first-order valence-corrected chi connectivity index (χ1v) is 8.69. The van der Waals surface area contributed by atoms with Gasteiger partial charge in [0.2, 0.25) is 0 Å². The van der Waals surface area contributed by atoms with Crippen molar-refractivity contribution in [2.75, 3.05) is 6.54 Å². The maximum atomic E-state index is 12.5. The van der Waals surface area contributed by atoms with Crippen molar-refractivity contribution in [3.63, 3.8) is 0 Å². The number of nitrogens with one attached hydrogen (secondary N) is 1. The van der Waals surface area contributed by atoms with Crippen LogP contribution < -0.4 is 5.32 Å². The summed E-state index contributed by atoms with van der Waals surface area (Å²) in [4.78, 5) is 0.348. The first-order chi connectivity index (χ1) is 9.04. The number of sulfone groups is 1. The highest BCUT2D eigenvalue weighted by Crippen LogP contribution is 2.30. The van der Waals surface area contributed by atoms with Gasteiger partial charge < -0.3 is 5.32 Å². The summed E-state index contributed by atoms with van der Waals surface area (Å²) in [5, 5.41) is 3.60. The monoisotopic (exact) mass is 301 g/mol. The number of benzene rings is 1. The molecule has 0 aliphatic heterocycles. The Hall–Kier alpha value is -0.580. The molecule has 1 fully saturated rings. The molecular formula is C14H20ClNO2S. The molecule has 1 aromatic rings. The summed E-state index contributed by atoms with van der Waals surface area (Å²) < 4.78 is 25.0. The van der Waals surface area contributed by atoms with Crippen LogP contribution in [0.25, 0.3) is 0 Å². The Kier molecular flexibility index (Phi) is 4.87. The minimum absolute atomic E-state index is 0.277. The Bertz CT molecular complexity index is 530. The molecule has 2 atom stereocenters. The zero-order valence-electron chi connectivity index (χ0n) is 11.1. The van der Waals surface area contributed by atoms with Gasteiger partial charge in [0.25, 0.3) is 0 Å². The molecule has 0 heterocycles. The van der Waals surface area contributed by atoms with Gasteiger partial charge in [0.1, 0.15) is 0 Å². The van der Waals surface area contributed by atoms with Crippen LogP contribution in [0.5, 0.6) is 0 Å². The molecule has 0 amide bonds. The third-order valence-electron chi connectivity index (χ3n) is 3.63. The van der Waals surface area contributed by atoms with Gasteiger partial charge in [-0.05, 0) is 50.4 Å². The van der Waals surface area contributed by atoms with Crippen LogP contribution in [-0.2, 0) is 9.84 Å². The standard InChI is InChI=1S/C14H20ClNO2S/c1-2-8-16-12-6-7-14(10-12)19(17,18)13-5-3-4-11(15)9-13/h3-5,9,12,14,16H,2,6-8,10H2,1H3. The molecule has 1 N–H and O–H groups in total. The van der Waals surface area contributed by atoms with E-state index < -0.39 is 9.84 Å².